The molecule has 1 heterocycles. The monoisotopic (exact) mass is 258 g/mol. The first-order valence-corrected chi connectivity index (χ1v) is 5.76. The molecular formula is C14H14N2O3. The second-order valence-corrected chi connectivity index (χ2v) is 4.20. The van der Waals surface area contributed by atoms with E-state index in [1.807, 2.05) is 0 Å². The number of hydrogen-bond donors (Lipinski definition) is 3. The van der Waals surface area contributed by atoms with Gasteiger partial charge in [-0.05, 0) is 36.8 Å². The molecule has 0 saturated heterocycles. The van der Waals surface area contributed by atoms with Crippen LogP contribution in [0.1, 0.15) is 21.5 Å². The van der Waals surface area contributed by atoms with Gasteiger partial charge in [0.05, 0.1) is 18.5 Å². The van der Waals surface area contributed by atoms with E-state index < -0.39 is 0 Å². The zero-order chi connectivity index (χ0) is 13.8. The molecule has 1 aromatic heterocycles. The van der Waals surface area contributed by atoms with Gasteiger partial charge in [-0.2, -0.15) is 0 Å². The summed E-state index contributed by atoms with van der Waals surface area (Å²) in [5.74, 6) is -0.319. The minimum Gasteiger partial charge on any atom is -0.508 e. The molecule has 3 N–H and O–H groups in total. The normalized spacial score (nSPS) is 10.2. The molecule has 0 aliphatic rings. The second-order valence-electron chi connectivity index (χ2n) is 4.20. The van der Waals surface area contributed by atoms with Crippen LogP contribution < -0.4 is 5.32 Å². The number of carbonyl (C=O) groups is 1. The molecule has 19 heavy (non-hydrogen) atoms. The Labute approximate surface area is 110 Å². The number of aliphatic hydroxyl groups excluding tert-OH is 1. The maximum Gasteiger partial charge on any atom is 0.255 e. The molecule has 1 amide bonds. The van der Waals surface area contributed by atoms with Crippen LogP contribution in [0.25, 0.3) is 0 Å². The van der Waals surface area contributed by atoms with Gasteiger partial charge in [0.25, 0.3) is 5.91 Å². The molecule has 2 rings (SSSR count). The third-order valence-electron chi connectivity index (χ3n) is 2.65. The molecular weight excluding hydrogens is 244 g/mol. The predicted molar refractivity (Wildman–Crippen MR) is 71.0 cm³/mol. The van der Waals surface area contributed by atoms with E-state index >= 15 is 0 Å². The second kappa shape index (κ2) is 5.49. The number of aromatic nitrogens is 1. The maximum atomic E-state index is 12.1. The zero-order valence-electron chi connectivity index (χ0n) is 10.4. The fourth-order valence-corrected chi connectivity index (χ4v) is 1.76. The summed E-state index contributed by atoms with van der Waals surface area (Å²) in [6, 6.07) is 6.25. The Bertz CT molecular complexity index is 591. The fourth-order valence-electron chi connectivity index (χ4n) is 1.76. The van der Waals surface area contributed by atoms with E-state index in [-0.39, 0.29) is 18.3 Å². The molecule has 0 saturated carbocycles. The minimum absolute atomic E-state index is 0.0405. The minimum atomic E-state index is -0.360. The summed E-state index contributed by atoms with van der Waals surface area (Å²) in [6.07, 6.45) is 3.01. The van der Waals surface area contributed by atoms with Gasteiger partial charge in [0.15, 0.2) is 0 Å². The van der Waals surface area contributed by atoms with Crippen LogP contribution in [0, 0.1) is 6.92 Å². The summed E-state index contributed by atoms with van der Waals surface area (Å²) >= 11 is 0. The van der Waals surface area contributed by atoms with Crippen molar-refractivity contribution in [2.75, 3.05) is 5.32 Å². The van der Waals surface area contributed by atoms with Crippen LogP contribution in [0.5, 0.6) is 5.75 Å². The number of benzene rings is 1. The molecule has 5 heteroatoms. The van der Waals surface area contributed by atoms with Crippen molar-refractivity contribution in [3.63, 3.8) is 0 Å². The van der Waals surface area contributed by atoms with Gasteiger partial charge in [-0.1, -0.05) is 0 Å². The summed E-state index contributed by atoms with van der Waals surface area (Å²) in [5, 5.41) is 21.3. The number of nitrogens with one attached hydrogen (secondary N) is 1. The SMILES string of the molecule is Cc1cc(O)cc(C(=O)Nc2cnccc2CO)c1. The first-order chi connectivity index (χ1) is 9.10. The Hall–Kier alpha value is -2.40. The number of hydrogen-bond acceptors (Lipinski definition) is 4. The molecule has 0 spiro atoms. The highest BCUT2D eigenvalue weighted by molar-refractivity contribution is 6.04. The quantitative estimate of drug-likeness (QED) is 0.784. The Kier molecular flexibility index (Phi) is 3.77. The summed E-state index contributed by atoms with van der Waals surface area (Å²) in [4.78, 5) is 16.0. The number of aliphatic hydroxyl groups is 1. The van der Waals surface area contributed by atoms with E-state index in [9.17, 15) is 15.0 Å². The maximum absolute atomic E-state index is 12.1. The fraction of sp³-hybridized carbons (Fsp3) is 0.143. The van der Waals surface area contributed by atoms with Crippen molar-refractivity contribution in [2.24, 2.45) is 0 Å². The van der Waals surface area contributed by atoms with E-state index in [1.54, 1.807) is 31.3 Å². The van der Waals surface area contributed by atoms with Crippen molar-refractivity contribution in [1.82, 2.24) is 4.98 Å². The van der Waals surface area contributed by atoms with Crippen molar-refractivity contribution in [1.29, 1.82) is 0 Å². The smallest absolute Gasteiger partial charge is 0.255 e. The highest BCUT2D eigenvalue weighted by atomic mass is 16.3. The number of rotatable bonds is 3. The number of phenols is 1. The van der Waals surface area contributed by atoms with Crippen LogP contribution in [-0.2, 0) is 6.61 Å². The highest BCUT2D eigenvalue weighted by Crippen LogP contribution is 2.18. The van der Waals surface area contributed by atoms with Crippen LogP contribution in [0.15, 0.2) is 36.7 Å². The third-order valence-corrected chi connectivity index (χ3v) is 2.65. The van der Waals surface area contributed by atoms with Crippen molar-refractivity contribution in [3.05, 3.63) is 53.3 Å². The lowest BCUT2D eigenvalue weighted by molar-refractivity contribution is 0.102. The Morgan fingerprint density at radius 3 is 2.84 bits per heavy atom. The number of carbonyl (C=O) groups excluding carboxylic acids is 1. The van der Waals surface area contributed by atoms with Crippen molar-refractivity contribution in [3.8, 4) is 5.75 Å². The summed E-state index contributed by atoms with van der Waals surface area (Å²) in [6.45, 7) is 1.61. The molecule has 0 aliphatic carbocycles. The van der Waals surface area contributed by atoms with Crippen LogP contribution in [0.3, 0.4) is 0 Å². The molecule has 1 aromatic carbocycles. The van der Waals surface area contributed by atoms with Gasteiger partial charge in [-0.15, -0.1) is 0 Å². The van der Waals surface area contributed by atoms with E-state index in [0.29, 0.717) is 16.8 Å². The molecule has 2 aromatic rings. The lowest BCUT2D eigenvalue weighted by Crippen LogP contribution is -2.13. The molecule has 0 fully saturated rings. The Morgan fingerprint density at radius 1 is 1.37 bits per heavy atom. The first kappa shape index (κ1) is 13.0. The molecule has 0 atom stereocenters. The third kappa shape index (κ3) is 3.08. The van der Waals surface area contributed by atoms with E-state index in [4.69, 9.17) is 0 Å². The zero-order valence-corrected chi connectivity index (χ0v) is 10.4. The molecule has 98 valence electrons. The average molecular weight is 258 g/mol. The van der Waals surface area contributed by atoms with E-state index in [1.165, 1.54) is 12.3 Å². The standard InChI is InChI=1S/C14H14N2O3/c1-9-4-11(6-12(18)5-9)14(19)16-13-7-15-3-2-10(13)8-17/h2-7,17-18H,8H2,1H3,(H,16,19). The predicted octanol–water partition coefficient (Wildman–Crippen LogP) is 1.84. The highest BCUT2D eigenvalue weighted by Gasteiger charge is 2.10. The van der Waals surface area contributed by atoms with Crippen molar-refractivity contribution < 1.29 is 15.0 Å². The van der Waals surface area contributed by atoms with Gasteiger partial charge >= 0.3 is 0 Å². The number of nitrogens with zero attached hydrogens (tertiary/aromatic N) is 1. The lowest BCUT2D eigenvalue weighted by atomic mass is 10.1. The molecule has 5 nitrogen and oxygen atoms in total. The van der Waals surface area contributed by atoms with Gasteiger partial charge in [0.2, 0.25) is 0 Å². The largest absolute Gasteiger partial charge is 0.508 e. The molecule has 0 bridgehead atoms. The van der Waals surface area contributed by atoms with Gasteiger partial charge in [0, 0.05) is 17.3 Å². The topological polar surface area (TPSA) is 82.5 Å². The number of aromatic hydroxyl groups is 1. The van der Waals surface area contributed by atoms with Gasteiger partial charge in [-0.3, -0.25) is 9.78 Å². The van der Waals surface area contributed by atoms with E-state index in [2.05, 4.69) is 10.3 Å². The number of aryl methyl sites for hydroxylation is 1. The molecule has 0 aliphatic heterocycles. The number of anilines is 1. The Balaban J connectivity index is 2.25. The van der Waals surface area contributed by atoms with Crippen LogP contribution in [0.4, 0.5) is 5.69 Å². The van der Waals surface area contributed by atoms with Gasteiger partial charge < -0.3 is 15.5 Å². The Morgan fingerprint density at radius 2 is 2.16 bits per heavy atom. The van der Waals surface area contributed by atoms with Crippen LogP contribution in [-0.4, -0.2) is 21.1 Å². The molecule has 0 radical (unpaired) electrons. The lowest BCUT2D eigenvalue weighted by Gasteiger charge is -2.09. The van der Waals surface area contributed by atoms with Crippen LogP contribution >= 0.6 is 0 Å². The average Bonchev–Trinajstić information content (AvgIpc) is 2.38. The van der Waals surface area contributed by atoms with Crippen molar-refractivity contribution in [2.45, 2.75) is 13.5 Å². The summed E-state index contributed by atoms with van der Waals surface area (Å²) in [5.41, 5.74) is 2.18. The number of amides is 1. The number of phenolic OH excluding ortho intramolecular Hbond substituents is 1. The number of pyridine rings is 1. The van der Waals surface area contributed by atoms with Crippen molar-refractivity contribution >= 4 is 11.6 Å². The summed E-state index contributed by atoms with van der Waals surface area (Å²) in [7, 11) is 0. The first-order valence-electron chi connectivity index (χ1n) is 5.76. The van der Waals surface area contributed by atoms with Crippen LogP contribution in [0.2, 0.25) is 0 Å². The van der Waals surface area contributed by atoms with E-state index in [0.717, 1.165) is 5.56 Å². The summed E-state index contributed by atoms with van der Waals surface area (Å²) < 4.78 is 0. The van der Waals surface area contributed by atoms with Gasteiger partial charge in [-0.25, -0.2) is 0 Å². The van der Waals surface area contributed by atoms with Gasteiger partial charge in [0.1, 0.15) is 5.75 Å². The molecule has 0 unspecified atom stereocenters.